The Morgan fingerprint density at radius 3 is 3.40 bits per heavy atom. The van der Waals surface area contributed by atoms with E-state index < -0.39 is 0 Å². The van der Waals surface area contributed by atoms with Crippen molar-refractivity contribution in [3.8, 4) is 0 Å². The highest BCUT2D eigenvalue weighted by atomic mass is 16.5. The van der Waals surface area contributed by atoms with Crippen LogP contribution in [0.4, 0.5) is 0 Å². The van der Waals surface area contributed by atoms with Crippen LogP contribution in [0.5, 0.6) is 0 Å². The Morgan fingerprint density at radius 2 is 2.50 bits per heavy atom. The van der Waals surface area contributed by atoms with Gasteiger partial charge in [-0.05, 0) is 25.3 Å². The first-order valence-electron chi connectivity index (χ1n) is 3.72. The average molecular weight is 137 g/mol. The lowest BCUT2D eigenvalue weighted by Crippen LogP contribution is -2.19. The van der Waals surface area contributed by atoms with E-state index in [2.05, 4.69) is 17.6 Å². The summed E-state index contributed by atoms with van der Waals surface area (Å²) in [5.41, 5.74) is 1.33. The SMILES string of the molecule is C1=C2CCCC=C2OCN1. The van der Waals surface area contributed by atoms with Gasteiger partial charge in [-0.2, -0.15) is 0 Å². The highest BCUT2D eigenvalue weighted by Gasteiger charge is 2.13. The molecule has 0 aromatic heterocycles. The number of hydrogen-bond acceptors (Lipinski definition) is 2. The Kier molecular flexibility index (Phi) is 1.38. The van der Waals surface area contributed by atoms with Gasteiger partial charge in [0.1, 0.15) is 5.76 Å². The number of nitrogens with one attached hydrogen (secondary N) is 1. The van der Waals surface area contributed by atoms with E-state index in [1.807, 2.05) is 0 Å². The predicted molar refractivity (Wildman–Crippen MR) is 39.1 cm³/mol. The fourth-order valence-electron chi connectivity index (χ4n) is 1.36. The molecule has 0 fully saturated rings. The van der Waals surface area contributed by atoms with Crippen molar-refractivity contribution < 1.29 is 4.74 Å². The van der Waals surface area contributed by atoms with Gasteiger partial charge in [0.2, 0.25) is 0 Å². The molecule has 10 heavy (non-hydrogen) atoms. The second kappa shape index (κ2) is 2.37. The van der Waals surface area contributed by atoms with Crippen molar-refractivity contribution in [1.82, 2.24) is 5.32 Å². The molecular weight excluding hydrogens is 126 g/mol. The molecule has 0 amide bonds. The van der Waals surface area contributed by atoms with Gasteiger partial charge in [-0.15, -0.1) is 0 Å². The highest BCUT2D eigenvalue weighted by Crippen LogP contribution is 2.25. The van der Waals surface area contributed by atoms with Crippen LogP contribution < -0.4 is 5.32 Å². The molecule has 0 bridgehead atoms. The summed E-state index contributed by atoms with van der Waals surface area (Å²) in [6.45, 7) is 0.634. The quantitative estimate of drug-likeness (QED) is 0.546. The Bertz CT molecular complexity index is 171. The van der Waals surface area contributed by atoms with Crippen molar-refractivity contribution in [2.75, 3.05) is 6.73 Å². The van der Waals surface area contributed by atoms with Gasteiger partial charge in [0, 0.05) is 11.8 Å². The molecule has 2 nitrogen and oxygen atoms in total. The van der Waals surface area contributed by atoms with E-state index in [0.29, 0.717) is 6.73 Å². The zero-order valence-electron chi connectivity index (χ0n) is 5.89. The van der Waals surface area contributed by atoms with Crippen molar-refractivity contribution >= 4 is 0 Å². The normalized spacial score (nSPS) is 23.2. The summed E-state index contributed by atoms with van der Waals surface area (Å²) in [6.07, 6.45) is 7.84. The third-order valence-electron chi connectivity index (χ3n) is 1.88. The summed E-state index contributed by atoms with van der Waals surface area (Å²) in [5, 5.41) is 3.06. The van der Waals surface area contributed by atoms with Gasteiger partial charge >= 0.3 is 0 Å². The largest absolute Gasteiger partial charge is 0.473 e. The van der Waals surface area contributed by atoms with Crippen LogP contribution in [0, 0.1) is 0 Å². The number of allylic oxidation sites excluding steroid dienone is 2. The van der Waals surface area contributed by atoms with Crippen molar-refractivity contribution in [2.24, 2.45) is 0 Å². The van der Waals surface area contributed by atoms with Crippen LogP contribution in [-0.4, -0.2) is 6.73 Å². The van der Waals surface area contributed by atoms with Gasteiger partial charge in [-0.1, -0.05) is 0 Å². The van der Waals surface area contributed by atoms with E-state index in [1.165, 1.54) is 24.8 Å². The Hall–Kier alpha value is -0.920. The van der Waals surface area contributed by atoms with Crippen molar-refractivity contribution in [3.05, 3.63) is 23.6 Å². The minimum Gasteiger partial charge on any atom is -0.473 e. The van der Waals surface area contributed by atoms with E-state index in [4.69, 9.17) is 4.74 Å². The maximum Gasteiger partial charge on any atom is 0.158 e. The minimum absolute atomic E-state index is 0.634. The Morgan fingerprint density at radius 1 is 1.50 bits per heavy atom. The van der Waals surface area contributed by atoms with E-state index in [0.717, 1.165) is 5.76 Å². The molecule has 0 unspecified atom stereocenters. The molecule has 1 aliphatic heterocycles. The zero-order chi connectivity index (χ0) is 6.81. The molecule has 0 atom stereocenters. The van der Waals surface area contributed by atoms with E-state index in [-0.39, 0.29) is 0 Å². The van der Waals surface area contributed by atoms with Gasteiger partial charge in [-0.25, -0.2) is 0 Å². The van der Waals surface area contributed by atoms with E-state index >= 15 is 0 Å². The molecule has 0 saturated carbocycles. The van der Waals surface area contributed by atoms with Gasteiger partial charge < -0.3 is 10.1 Å². The maximum absolute atomic E-state index is 5.36. The first-order valence-corrected chi connectivity index (χ1v) is 3.72. The highest BCUT2D eigenvalue weighted by molar-refractivity contribution is 5.29. The van der Waals surface area contributed by atoms with Crippen LogP contribution in [0.2, 0.25) is 0 Å². The van der Waals surface area contributed by atoms with Gasteiger partial charge in [0.25, 0.3) is 0 Å². The van der Waals surface area contributed by atoms with Crippen molar-refractivity contribution in [3.63, 3.8) is 0 Å². The molecule has 54 valence electrons. The molecule has 2 rings (SSSR count). The first-order chi connectivity index (χ1) is 4.97. The standard InChI is InChI=1S/C8H11NO/c1-2-4-8-7(3-1)5-9-6-10-8/h4-5,9H,1-3,6H2. The third kappa shape index (κ3) is 0.897. The third-order valence-corrected chi connectivity index (χ3v) is 1.88. The summed E-state index contributed by atoms with van der Waals surface area (Å²) in [6, 6.07) is 0. The Labute approximate surface area is 60.6 Å². The molecule has 1 aliphatic carbocycles. The number of hydrogen-bond donors (Lipinski definition) is 1. The Balaban J connectivity index is 2.25. The molecule has 0 aromatic carbocycles. The molecular formula is C8H11NO. The molecule has 0 spiro atoms. The topological polar surface area (TPSA) is 21.3 Å². The van der Waals surface area contributed by atoms with E-state index in [1.54, 1.807) is 0 Å². The summed E-state index contributed by atoms with van der Waals surface area (Å²) in [5.74, 6) is 1.10. The van der Waals surface area contributed by atoms with Crippen molar-refractivity contribution in [1.29, 1.82) is 0 Å². The van der Waals surface area contributed by atoms with Gasteiger partial charge in [0.15, 0.2) is 6.73 Å². The second-order valence-electron chi connectivity index (χ2n) is 2.62. The van der Waals surface area contributed by atoms with Crippen LogP contribution in [0.15, 0.2) is 23.6 Å². The predicted octanol–water partition coefficient (Wildman–Crippen LogP) is 1.52. The smallest absolute Gasteiger partial charge is 0.158 e. The van der Waals surface area contributed by atoms with Crippen molar-refractivity contribution in [2.45, 2.75) is 19.3 Å². The molecule has 0 aromatic rings. The van der Waals surface area contributed by atoms with Crippen LogP contribution >= 0.6 is 0 Å². The fraction of sp³-hybridized carbons (Fsp3) is 0.500. The minimum atomic E-state index is 0.634. The molecule has 2 heteroatoms. The summed E-state index contributed by atoms with van der Waals surface area (Å²) in [4.78, 5) is 0. The lowest BCUT2D eigenvalue weighted by Gasteiger charge is -2.22. The summed E-state index contributed by atoms with van der Waals surface area (Å²) in [7, 11) is 0. The number of ether oxygens (including phenoxy) is 1. The second-order valence-corrected chi connectivity index (χ2v) is 2.62. The molecule has 2 aliphatic rings. The number of rotatable bonds is 0. The van der Waals surface area contributed by atoms with Crippen LogP contribution in [0.25, 0.3) is 0 Å². The van der Waals surface area contributed by atoms with Crippen LogP contribution in [0.1, 0.15) is 19.3 Å². The van der Waals surface area contributed by atoms with Gasteiger partial charge in [-0.3, -0.25) is 0 Å². The first kappa shape index (κ1) is 5.83. The van der Waals surface area contributed by atoms with Crippen LogP contribution in [0.3, 0.4) is 0 Å². The molecule has 0 saturated heterocycles. The fourth-order valence-corrected chi connectivity index (χ4v) is 1.36. The maximum atomic E-state index is 5.36. The molecule has 1 heterocycles. The summed E-state index contributed by atoms with van der Waals surface area (Å²) >= 11 is 0. The lowest BCUT2D eigenvalue weighted by molar-refractivity contribution is 0.190. The zero-order valence-corrected chi connectivity index (χ0v) is 5.89. The number of fused-ring (bicyclic) bond motifs is 1. The van der Waals surface area contributed by atoms with Gasteiger partial charge in [0.05, 0.1) is 0 Å². The van der Waals surface area contributed by atoms with E-state index in [9.17, 15) is 0 Å². The molecule has 1 N–H and O–H groups in total. The average Bonchev–Trinajstić information content (AvgIpc) is 2.05. The summed E-state index contributed by atoms with van der Waals surface area (Å²) < 4.78 is 5.36. The van der Waals surface area contributed by atoms with Crippen LogP contribution in [-0.2, 0) is 4.74 Å². The monoisotopic (exact) mass is 137 g/mol. The lowest BCUT2D eigenvalue weighted by atomic mass is 10.0. The molecule has 0 radical (unpaired) electrons.